The number of nitrogens with zero attached hydrogens (tertiary/aromatic N) is 3. The standard InChI is InChI=1S/C18H18FN5O/c1-24-17(11-16(23-24)13-6-8-21-9-7-13)22-18(25)15(20)10-12-2-4-14(19)5-3-12/h2-9,11,15H,10,20H2,1H3,(H,22,25). The van der Waals surface area contributed by atoms with Gasteiger partial charge in [-0.15, -0.1) is 0 Å². The molecule has 2 aromatic heterocycles. The van der Waals surface area contributed by atoms with Crippen LogP contribution in [0.5, 0.6) is 0 Å². The van der Waals surface area contributed by atoms with E-state index >= 15 is 0 Å². The lowest BCUT2D eigenvalue weighted by Gasteiger charge is -2.12. The van der Waals surface area contributed by atoms with Gasteiger partial charge in [0.05, 0.1) is 11.7 Å². The lowest BCUT2D eigenvalue weighted by atomic mass is 10.1. The molecule has 0 spiro atoms. The van der Waals surface area contributed by atoms with E-state index in [0.717, 1.165) is 16.8 Å². The number of anilines is 1. The maximum absolute atomic E-state index is 12.9. The Balaban J connectivity index is 1.68. The van der Waals surface area contributed by atoms with E-state index in [9.17, 15) is 9.18 Å². The third-order valence-corrected chi connectivity index (χ3v) is 3.81. The number of carbonyl (C=O) groups excluding carboxylic acids is 1. The first-order chi connectivity index (χ1) is 12.0. The number of aryl methyl sites for hydroxylation is 1. The third-order valence-electron chi connectivity index (χ3n) is 3.81. The van der Waals surface area contributed by atoms with Crippen LogP contribution in [0, 0.1) is 5.82 Å². The summed E-state index contributed by atoms with van der Waals surface area (Å²) in [6.07, 6.45) is 3.68. The second kappa shape index (κ2) is 7.23. The predicted molar refractivity (Wildman–Crippen MR) is 93.1 cm³/mol. The highest BCUT2D eigenvalue weighted by Gasteiger charge is 2.17. The minimum atomic E-state index is -0.746. The van der Waals surface area contributed by atoms with Gasteiger partial charge >= 0.3 is 0 Å². The van der Waals surface area contributed by atoms with Crippen molar-refractivity contribution in [3.63, 3.8) is 0 Å². The molecule has 128 valence electrons. The minimum Gasteiger partial charge on any atom is -0.320 e. The van der Waals surface area contributed by atoms with Crippen LogP contribution < -0.4 is 11.1 Å². The monoisotopic (exact) mass is 339 g/mol. The largest absolute Gasteiger partial charge is 0.320 e. The van der Waals surface area contributed by atoms with Crippen LogP contribution >= 0.6 is 0 Å². The average Bonchev–Trinajstić information content (AvgIpc) is 2.98. The molecular formula is C18H18FN5O. The van der Waals surface area contributed by atoms with Gasteiger partial charge in [-0.3, -0.25) is 14.5 Å². The summed E-state index contributed by atoms with van der Waals surface area (Å²) >= 11 is 0. The second-order valence-electron chi connectivity index (χ2n) is 5.70. The lowest BCUT2D eigenvalue weighted by molar-refractivity contribution is -0.117. The molecular weight excluding hydrogens is 321 g/mol. The Labute approximate surface area is 144 Å². The van der Waals surface area contributed by atoms with Gasteiger partial charge in [0.15, 0.2) is 0 Å². The highest BCUT2D eigenvalue weighted by molar-refractivity contribution is 5.94. The molecule has 0 fully saturated rings. The summed E-state index contributed by atoms with van der Waals surface area (Å²) in [6.45, 7) is 0. The first kappa shape index (κ1) is 16.8. The molecule has 1 atom stereocenters. The van der Waals surface area contributed by atoms with Gasteiger partial charge in [0.2, 0.25) is 5.91 Å². The second-order valence-corrected chi connectivity index (χ2v) is 5.70. The summed E-state index contributed by atoms with van der Waals surface area (Å²) in [7, 11) is 1.74. The molecule has 0 aliphatic rings. The molecule has 1 aromatic carbocycles. The first-order valence-corrected chi connectivity index (χ1v) is 7.78. The van der Waals surface area contributed by atoms with E-state index in [1.807, 2.05) is 12.1 Å². The summed E-state index contributed by atoms with van der Waals surface area (Å²) in [4.78, 5) is 16.3. The van der Waals surface area contributed by atoms with Gasteiger partial charge in [-0.2, -0.15) is 5.10 Å². The maximum Gasteiger partial charge on any atom is 0.242 e. The van der Waals surface area contributed by atoms with Gasteiger partial charge in [-0.1, -0.05) is 12.1 Å². The summed E-state index contributed by atoms with van der Waals surface area (Å²) in [5, 5.41) is 7.16. The summed E-state index contributed by atoms with van der Waals surface area (Å²) in [5.41, 5.74) is 8.39. The Kier molecular flexibility index (Phi) is 4.85. The average molecular weight is 339 g/mol. The Morgan fingerprint density at radius 3 is 2.60 bits per heavy atom. The fourth-order valence-corrected chi connectivity index (χ4v) is 2.43. The van der Waals surface area contributed by atoms with Gasteiger partial charge in [-0.05, 0) is 36.2 Å². The fourth-order valence-electron chi connectivity index (χ4n) is 2.43. The number of nitrogens with one attached hydrogen (secondary N) is 1. The molecule has 25 heavy (non-hydrogen) atoms. The number of hydrogen-bond donors (Lipinski definition) is 2. The van der Waals surface area contributed by atoms with Crippen molar-refractivity contribution in [2.45, 2.75) is 12.5 Å². The number of pyridine rings is 1. The minimum absolute atomic E-state index is 0.319. The molecule has 1 amide bonds. The van der Waals surface area contributed by atoms with Gasteiger partial charge in [-0.25, -0.2) is 4.39 Å². The van der Waals surface area contributed by atoms with Crippen molar-refractivity contribution in [3.8, 4) is 11.3 Å². The molecule has 0 saturated carbocycles. The van der Waals surface area contributed by atoms with E-state index in [2.05, 4.69) is 15.4 Å². The Morgan fingerprint density at radius 1 is 1.24 bits per heavy atom. The molecule has 0 aliphatic carbocycles. The molecule has 0 saturated heterocycles. The van der Waals surface area contributed by atoms with Crippen LogP contribution in [0.4, 0.5) is 10.2 Å². The molecule has 3 aromatic rings. The third kappa shape index (κ3) is 4.07. The van der Waals surface area contributed by atoms with Crippen LogP contribution in [0.25, 0.3) is 11.3 Å². The molecule has 3 N–H and O–H groups in total. The van der Waals surface area contributed by atoms with Crippen molar-refractivity contribution in [1.82, 2.24) is 14.8 Å². The number of aromatic nitrogens is 3. The number of benzene rings is 1. The zero-order valence-electron chi connectivity index (χ0n) is 13.7. The van der Waals surface area contributed by atoms with Crippen molar-refractivity contribution in [1.29, 1.82) is 0 Å². The van der Waals surface area contributed by atoms with Crippen molar-refractivity contribution in [3.05, 3.63) is 66.2 Å². The van der Waals surface area contributed by atoms with E-state index in [-0.39, 0.29) is 11.7 Å². The first-order valence-electron chi connectivity index (χ1n) is 7.78. The van der Waals surface area contributed by atoms with Crippen molar-refractivity contribution >= 4 is 11.7 Å². The van der Waals surface area contributed by atoms with E-state index in [4.69, 9.17) is 5.73 Å². The SMILES string of the molecule is Cn1nc(-c2ccncc2)cc1NC(=O)C(N)Cc1ccc(F)cc1. The zero-order chi connectivity index (χ0) is 17.8. The molecule has 3 rings (SSSR count). The number of amides is 1. The van der Waals surface area contributed by atoms with Crippen molar-refractivity contribution in [2.24, 2.45) is 12.8 Å². The molecule has 0 radical (unpaired) electrons. The summed E-state index contributed by atoms with van der Waals surface area (Å²) in [6, 6.07) is 10.6. The highest BCUT2D eigenvalue weighted by atomic mass is 19.1. The van der Waals surface area contributed by atoms with Crippen LogP contribution in [0.3, 0.4) is 0 Å². The quantitative estimate of drug-likeness (QED) is 0.746. The number of hydrogen-bond acceptors (Lipinski definition) is 4. The number of halogens is 1. The maximum atomic E-state index is 12.9. The highest BCUT2D eigenvalue weighted by Crippen LogP contribution is 2.20. The van der Waals surface area contributed by atoms with Gasteiger partial charge in [0, 0.05) is 31.1 Å². The van der Waals surface area contributed by atoms with E-state index < -0.39 is 6.04 Å². The van der Waals surface area contributed by atoms with Crippen LogP contribution in [-0.4, -0.2) is 26.7 Å². The van der Waals surface area contributed by atoms with Crippen LogP contribution in [0.15, 0.2) is 54.9 Å². The zero-order valence-corrected chi connectivity index (χ0v) is 13.7. The summed E-state index contributed by atoms with van der Waals surface area (Å²) < 4.78 is 14.5. The van der Waals surface area contributed by atoms with E-state index in [1.165, 1.54) is 12.1 Å². The Bertz CT molecular complexity index is 861. The van der Waals surface area contributed by atoms with Gasteiger partial charge < -0.3 is 11.1 Å². The van der Waals surface area contributed by atoms with Crippen molar-refractivity contribution in [2.75, 3.05) is 5.32 Å². The number of carbonyl (C=O) groups is 1. The molecule has 0 bridgehead atoms. The smallest absolute Gasteiger partial charge is 0.242 e. The van der Waals surface area contributed by atoms with Gasteiger partial charge in [0.1, 0.15) is 11.6 Å². The van der Waals surface area contributed by atoms with Gasteiger partial charge in [0.25, 0.3) is 0 Å². The van der Waals surface area contributed by atoms with Crippen molar-refractivity contribution < 1.29 is 9.18 Å². The fraction of sp³-hybridized carbons (Fsp3) is 0.167. The number of rotatable bonds is 5. The molecule has 2 heterocycles. The Hall–Kier alpha value is -3.06. The van der Waals surface area contributed by atoms with Crippen LogP contribution in [-0.2, 0) is 18.3 Å². The number of nitrogens with two attached hydrogens (primary N) is 1. The molecule has 7 heteroatoms. The molecule has 0 aliphatic heterocycles. The molecule has 6 nitrogen and oxygen atoms in total. The molecule has 1 unspecified atom stereocenters. The summed E-state index contributed by atoms with van der Waals surface area (Å²) in [5.74, 6) is -0.0970. The van der Waals surface area contributed by atoms with Crippen LogP contribution in [0.1, 0.15) is 5.56 Å². The predicted octanol–water partition coefficient (Wildman–Crippen LogP) is 2.13. The Morgan fingerprint density at radius 2 is 1.92 bits per heavy atom. The van der Waals surface area contributed by atoms with Crippen LogP contribution in [0.2, 0.25) is 0 Å². The topological polar surface area (TPSA) is 85.8 Å². The lowest BCUT2D eigenvalue weighted by Crippen LogP contribution is -2.37. The normalized spacial score (nSPS) is 12.0. The van der Waals surface area contributed by atoms with E-state index in [0.29, 0.717) is 12.2 Å². The van der Waals surface area contributed by atoms with E-state index in [1.54, 1.807) is 42.3 Å².